The second kappa shape index (κ2) is 15.1. The van der Waals surface area contributed by atoms with Crippen LogP contribution < -0.4 is 16.4 Å². The molecule has 3 atom stereocenters. The first-order valence-electron chi connectivity index (χ1n) is 13.3. The lowest BCUT2D eigenvalue weighted by molar-refractivity contribution is -0.125. The van der Waals surface area contributed by atoms with Crippen molar-refractivity contribution in [1.82, 2.24) is 20.5 Å². The van der Waals surface area contributed by atoms with Crippen molar-refractivity contribution in [2.75, 3.05) is 19.6 Å². The topological polar surface area (TPSA) is 131 Å². The maximum Gasteiger partial charge on any atom is 0.253 e. The first-order valence-corrected chi connectivity index (χ1v) is 13.3. The van der Waals surface area contributed by atoms with Crippen molar-refractivity contribution in [1.29, 1.82) is 0 Å². The highest BCUT2D eigenvalue weighted by molar-refractivity contribution is 5.99. The average molecular weight is 514 g/mol. The predicted octanol–water partition coefficient (Wildman–Crippen LogP) is 3.40. The third-order valence-corrected chi connectivity index (χ3v) is 6.12. The summed E-state index contributed by atoms with van der Waals surface area (Å²) in [5.41, 5.74) is 7.35. The van der Waals surface area contributed by atoms with Crippen LogP contribution in [0.5, 0.6) is 0 Å². The van der Waals surface area contributed by atoms with Crippen molar-refractivity contribution >= 4 is 17.7 Å². The molecule has 0 spiro atoms. The van der Waals surface area contributed by atoms with Crippen molar-refractivity contribution in [3.05, 3.63) is 53.7 Å². The molecule has 4 N–H and O–H groups in total. The minimum Gasteiger partial charge on any atom is -0.449 e. The fraction of sp³-hybridized carbons (Fsp3) is 0.571. The van der Waals surface area contributed by atoms with Crippen LogP contribution in [0.25, 0.3) is 0 Å². The summed E-state index contributed by atoms with van der Waals surface area (Å²) in [4.78, 5) is 44.8. The summed E-state index contributed by atoms with van der Waals surface area (Å²) in [7, 11) is 0. The van der Waals surface area contributed by atoms with Gasteiger partial charge in [-0.3, -0.25) is 14.4 Å². The molecule has 204 valence electrons. The molecule has 0 aliphatic carbocycles. The zero-order valence-electron chi connectivity index (χ0n) is 22.8. The molecule has 0 fully saturated rings. The van der Waals surface area contributed by atoms with Gasteiger partial charge in [-0.2, -0.15) is 0 Å². The Labute approximate surface area is 220 Å². The van der Waals surface area contributed by atoms with Crippen LogP contribution >= 0.6 is 0 Å². The van der Waals surface area contributed by atoms with E-state index in [4.69, 9.17) is 10.2 Å². The number of benzene rings is 1. The highest BCUT2D eigenvalue weighted by Crippen LogP contribution is 2.14. The molecular weight excluding hydrogens is 470 g/mol. The van der Waals surface area contributed by atoms with Crippen molar-refractivity contribution in [3.8, 4) is 0 Å². The molecule has 0 bridgehead atoms. The highest BCUT2D eigenvalue weighted by atomic mass is 16.3. The van der Waals surface area contributed by atoms with E-state index in [2.05, 4.69) is 15.6 Å². The van der Waals surface area contributed by atoms with Crippen LogP contribution in [0.2, 0.25) is 0 Å². The monoisotopic (exact) mass is 513 g/mol. The van der Waals surface area contributed by atoms with Crippen LogP contribution in [0.4, 0.5) is 0 Å². The molecule has 9 nitrogen and oxygen atoms in total. The van der Waals surface area contributed by atoms with Gasteiger partial charge in [0.15, 0.2) is 5.89 Å². The molecule has 0 saturated carbocycles. The van der Waals surface area contributed by atoms with Gasteiger partial charge in [0.05, 0.1) is 12.2 Å². The van der Waals surface area contributed by atoms with E-state index in [0.29, 0.717) is 49.0 Å². The van der Waals surface area contributed by atoms with E-state index >= 15 is 0 Å². The molecule has 0 aliphatic rings. The van der Waals surface area contributed by atoms with Crippen LogP contribution in [-0.4, -0.2) is 59.3 Å². The Balaban J connectivity index is 2.16. The number of hydrogen-bond donors (Lipinski definition) is 3. The lowest BCUT2D eigenvalue weighted by Gasteiger charge is -2.26. The number of carbonyl (C=O) groups excluding carboxylic acids is 3. The van der Waals surface area contributed by atoms with Gasteiger partial charge in [0.25, 0.3) is 11.8 Å². The van der Waals surface area contributed by atoms with Crippen LogP contribution in [0.3, 0.4) is 0 Å². The maximum atomic E-state index is 13.3. The normalized spacial score (nSPS) is 13.6. The molecular formula is C28H43N5O4. The van der Waals surface area contributed by atoms with Crippen molar-refractivity contribution in [3.63, 3.8) is 0 Å². The zero-order valence-corrected chi connectivity index (χ0v) is 22.8. The van der Waals surface area contributed by atoms with Gasteiger partial charge in [0.1, 0.15) is 6.26 Å². The number of oxazole rings is 1. The Hall–Kier alpha value is -3.20. The first-order chi connectivity index (χ1) is 17.7. The molecule has 2 rings (SSSR count). The summed E-state index contributed by atoms with van der Waals surface area (Å²) < 4.78 is 5.39. The van der Waals surface area contributed by atoms with Crippen LogP contribution in [-0.2, 0) is 11.2 Å². The van der Waals surface area contributed by atoms with Gasteiger partial charge in [0.2, 0.25) is 5.91 Å². The number of hydrogen-bond acceptors (Lipinski definition) is 6. The third-order valence-electron chi connectivity index (χ3n) is 6.12. The molecule has 0 radical (unpaired) electrons. The molecule has 1 aromatic heterocycles. The Kier molecular flexibility index (Phi) is 12.3. The Morgan fingerprint density at radius 3 is 2.35 bits per heavy atom. The number of rotatable bonds is 15. The second-order valence-electron chi connectivity index (χ2n) is 10.0. The van der Waals surface area contributed by atoms with Crippen molar-refractivity contribution < 1.29 is 18.8 Å². The molecule has 9 heteroatoms. The average Bonchev–Trinajstić information content (AvgIpc) is 3.39. The predicted molar refractivity (Wildman–Crippen MR) is 144 cm³/mol. The number of carbonyl (C=O) groups is 3. The Morgan fingerprint density at radius 2 is 1.76 bits per heavy atom. The van der Waals surface area contributed by atoms with Crippen molar-refractivity contribution in [2.24, 2.45) is 17.6 Å². The molecule has 0 aliphatic heterocycles. The summed E-state index contributed by atoms with van der Waals surface area (Å²) in [5.74, 6) is -0.0531. The standard InChI is InChI=1S/C28H43N5O4/c1-6-12-33(13-7-2)28(36)22-10-8-9-21(16-22)27(35)32-24(17-25-30-11-14-37-25)23(29)15-20(5)26(34)31-18-19(3)4/h8-11,14,16,19-20,23-24H,6-7,12-13,15,17-18,29H2,1-5H3,(H,31,34)(H,32,35)/t20-,23+,24+/m1/s1. The fourth-order valence-electron chi connectivity index (χ4n) is 4.09. The molecule has 0 saturated heterocycles. The molecule has 37 heavy (non-hydrogen) atoms. The van der Waals surface area contributed by atoms with Crippen LogP contribution in [0.15, 0.2) is 41.1 Å². The van der Waals surface area contributed by atoms with Crippen molar-refractivity contribution in [2.45, 2.75) is 72.4 Å². The lowest BCUT2D eigenvalue weighted by Crippen LogP contribution is -2.50. The quantitative estimate of drug-likeness (QED) is 0.335. The first kappa shape index (κ1) is 30.0. The fourth-order valence-corrected chi connectivity index (χ4v) is 4.09. The van der Waals surface area contributed by atoms with Crippen LogP contribution in [0, 0.1) is 11.8 Å². The van der Waals surface area contributed by atoms with Gasteiger partial charge in [-0.05, 0) is 43.4 Å². The number of aromatic nitrogens is 1. The Bertz CT molecular complexity index is 986. The second-order valence-corrected chi connectivity index (χ2v) is 10.0. The van der Waals surface area contributed by atoms with E-state index in [1.54, 1.807) is 24.3 Å². The summed E-state index contributed by atoms with van der Waals surface area (Å²) in [6.45, 7) is 11.9. The minimum absolute atomic E-state index is 0.0692. The lowest BCUT2D eigenvalue weighted by atomic mass is 9.94. The van der Waals surface area contributed by atoms with Crippen LogP contribution in [0.1, 0.15) is 80.5 Å². The number of amides is 3. The molecule has 1 aromatic carbocycles. The molecule has 3 amide bonds. The summed E-state index contributed by atoms with van der Waals surface area (Å²) in [5, 5.41) is 5.92. The largest absolute Gasteiger partial charge is 0.449 e. The van der Waals surface area contributed by atoms with E-state index in [-0.39, 0.29) is 30.1 Å². The van der Waals surface area contributed by atoms with Gasteiger partial charge < -0.3 is 25.7 Å². The highest BCUT2D eigenvalue weighted by Gasteiger charge is 2.27. The molecule has 0 unspecified atom stereocenters. The van der Waals surface area contributed by atoms with Gasteiger partial charge in [0, 0.05) is 49.1 Å². The minimum atomic E-state index is -0.525. The van der Waals surface area contributed by atoms with E-state index in [1.165, 1.54) is 12.5 Å². The smallest absolute Gasteiger partial charge is 0.253 e. The summed E-state index contributed by atoms with van der Waals surface area (Å²) in [6, 6.07) is 5.68. The van der Waals surface area contributed by atoms with E-state index in [0.717, 1.165) is 12.8 Å². The SMILES string of the molecule is CCCN(CCC)C(=O)c1cccc(C(=O)N[C@@H](Cc2ncco2)[C@@H](N)C[C@@H](C)C(=O)NCC(C)C)c1. The molecule has 2 aromatic rings. The zero-order chi connectivity index (χ0) is 27.4. The number of nitrogens with one attached hydrogen (secondary N) is 2. The Morgan fingerprint density at radius 1 is 1.08 bits per heavy atom. The summed E-state index contributed by atoms with van der Waals surface area (Å²) in [6.07, 6.45) is 5.38. The molecule has 1 heterocycles. The van der Waals surface area contributed by atoms with Gasteiger partial charge in [-0.15, -0.1) is 0 Å². The third kappa shape index (κ3) is 9.64. The maximum absolute atomic E-state index is 13.3. The van der Waals surface area contributed by atoms with E-state index < -0.39 is 12.1 Å². The summed E-state index contributed by atoms with van der Waals surface area (Å²) >= 11 is 0. The van der Waals surface area contributed by atoms with E-state index in [1.807, 2.05) is 39.5 Å². The van der Waals surface area contributed by atoms with E-state index in [9.17, 15) is 14.4 Å². The van der Waals surface area contributed by atoms with Gasteiger partial charge >= 0.3 is 0 Å². The van der Waals surface area contributed by atoms with Gasteiger partial charge in [-0.25, -0.2) is 4.98 Å². The number of nitrogens with two attached hydrogens (primary N) is 1. The number of nitrogens with zero attached hydrogens (tertiary/aromatic N) is 2. The van der Waals surface area contributed by atoms with Gasteiger partial charge in [-0.1, -0.05) is 40.7 Å².